The van der Waals surface area contributed by atoms with E-state index in [0.29, 0.717) is 0 Å². The Bertz CT molecular complexity index is 270. The first-order valence-corrected chi connectivity index (χ1v) is 6.42. The van der Waals surface area contributed by atoms with E-state index < -0.39 is 0 Å². The van der Waals surface area contributed by atoms with Gasteiger partial charge in [0.2, 0.25) is 0 Å². The van der Waals surface area contributed by atoms with Crippen LogP contribution < -0.4 is 10.0 Å². The molecule has 1 fully saturated rings. The highest BCUT2D eigenvalue weighted by Gasteiger charge is 2.11. The topological polar surface area (TPSA) is 24.1 Å². The maximum Gasteiger partial charge on any atom is 0.0228 e. The van der Waals surface area contributed by atoms with Crippen molar-refractivity contribution in [1.82, 2.24) is 10.0 Å². The molecule has 82 valence electrons. The van der Waals surface area contributed by atoms with Crippen LogP contribution in [0.15, 0.2) is 35.2 Å². The number of nitrogens with one attached hydrogen (secondary N) is 2. The first kappa shape index (κ1) is 11.0. The maximum absolute atomic E-state index is 3.46. The van der Waals surface area contributed by atoms with Gasteiger partial charge in [0.1, 0.15) is 0 Å². The Labute approximate surface area is 96.0 Å². The first-order valence-electron chi connectivity index (χ1n) is 5.60. The molecule has 0 radical (unpaired) electrons. The average Bonchev–Trinajstić information content (AvgIpc) is 2.32. The Morgan fingerprint density at radius 3 is 2.67 bits per heavy atom. The second-order valence-corrected chi connectivity index (χ2v) is 4.92. The highest BCUT2D eigenvalue weighted by molar-refractivity contribution is 7.97. The molecule has 0 unspecified atom stereocenters. The summed E-state index contributed by atoms with van der Waals surface area (Å²) in [5.41, 5.74) is 0. The zero-order valence-electron chi connectivity index (χ0n) is 8.91. The van der Waals surface area contributed by atoms with Gasteiger partial charge >= 0.3 is 0 Å². The van der Waals surface area contributed by atoms with Crippen LogP contribution in [0.3, 0.4) is 0 Å². The second-order valence-electron chi connectivity index (χ2n) is 3.96. The van der Waals surface area contributed by atoms with Crippen LogP contribution in [-0.4, -0.2) is 19.6 Å². The molecule has 15 heavy (non-hydrogen) atoms. The Morgan fingerprint density at radius 1 is 1.20 bits per heavy atom. The molecule has 2 nitrogen and oxygen atoms in total. The zero-order valence-corrected chi connectivity index (χ0v) is 9.72. The SMILES string of the molecule is c1ccc(SNCC2CCNCC2)cc1. The summed E-state index contributed by atoms with van der Waals surface area (Å²) in [4.78, 5) is 1.30. The Kier molecular flexibility index (Phi) is 4.51. The van der Waals surface area contributed by atoms with Crippen LogP contribution in [0.4, 0.5) is 0 Å². The van der Waals surface area contributed by atoms with Crippen LogP contribution in [-0.2, 0) is 0 Å². The summed E-state index contributed by atoms with van der Waals surface area (Å²) >= 11 is 1.74. The Hall–Kier alpha value is -0.510. The van der Waals surface area contributed by atoms with E-state index in [4.69, 9.17) is 0 Å². The van der Waals surface area contributed by atoms with Gasteiger partial charge in [-0.2, -0.15) is 0 Å². The summed E-state index contributed by atoms with van der Waals surface area (Å²) < 4.78 is 3.46. The monoisotopic (exact) mass is 222 g/mol. The molecule has 1 aliphatic heterocycles. The maximum atomic E-state index is 3.46. The molecule has 2 rings (SSSR count). The van der Waals surface area contributed by atoms with Crippen LogP contribution in [0, 0.1) is 5.92 Å². The molecule has 1 aromatic carbocycles. The summed E-state index contributed by atoms with van der Waals surface area (Å²) in [5.74, 6) is 0.850. The molecular weight excluding hydrogens is 204 g/mol. The molecule has 2 N–H and O–H groups in total. The number of hydrogen-bond donors (Lipinski definition) is 2. The van der Waals surface area contributed by atoms with E-state index in [0.717, 1.165) is 12.5 Å². The summed E-state index contributed by atoms with van der Waals surface area (Å²) in [6.07, 6.45) is 2.62. The summed E-state index contributed by atoms with van der Waals surface area (Å²) in [5, 5.41) is 3.39. The van der Waals surface area contributed by atoms with Crippen molar-refractivity contribution >= 4 is 11.9 Å². The fraction of sp³-hybridized carbons (Fsp3) is 0.500. The molecule has 0 saturated carbocycles. The van der Waals surface area contributed by atoms with Gasteiger partial charge in [0.15, 0.2) is 0 Å². The fourth-order valence-electron chi connectivity index (χ4n) is 1.82. The first-order chi connectivity index (χ1) is 7.45. The molecule has 0 bridgehead atoms. The van der Waals surface area contributed by atoms with Crippen molar-refractivity contribution in [3.63, 3.8) is 0 Å². The summed E-state index contributed by atoms with van der Waals surface area (Å²) in [6, 6.07) is 10.5. The highest BCUT2D eigenvalue weighted by atomic mass is 32.2. The molecule has 0 amide bonds. The van der Waals surface area contributed by atoms with Crippen molar-refractivity contribution in [3.8, 4) is 0 Å². The van der Waals surface area contributed by atoms with Gasteiger partial charge in [-0.05, 0) is 55.9 Å². The van der Waals surface area contributed by atoms with Gasteiger partial charge in [0.05, 0.1) is 0 Å². The summed E-state index contributed by atoms with van der Waals surface area (Å²) in [6.45, 7) is 3.49. The van der Waals surface area contributed by atoms with E-state index in [1.165, 1.54) is 30.8 Å². The van der Waals surface area contributed by atoms with Crippen molar-refractivity contribution in [1.29, 1.82) is 0 Å². The number of rotatable bonds is 4. The standard InChI is InChI=1S/C12H18N2S/c1-2-4-12(5-3-1)15-14-10-11-6-8-13-9-7-11/h1-5,11,13-14H,6-10H2. The van der Waals surface area contributed by atoms with E-state index in [9.17, 15) is 0 Å². The minimum atomic E-state index is 0.850. The van der Waals surface area contributed by atoms with Gasteiger partial charge in [-0.1, -0.05) is 18.2 Å². The minimum absolute atomic E-state index is 0.850. The van der Waals surface area contributed by atoms with Crippen LogP contribution in [0.2, 0.25) is 0 Å². The van der Waals surface area contributed by atoms with Gasteiger partial charge in [0.25, 0.3) is 0 Å². The molecule has 0 atom stereocenters. The number of hydrogen-bond acceptors (Lipinski definition) is 3. The van der Waals surface area contributed by atoms with E-state index in [1.807, 2.05) is 0 Å². The predicted octanol–water partition coefficient (Wildman–Crippen LogP) is 2.28. The van der Waals surface area contributed by atoms with Crippen molar-refractivity contribution in [2.45, 2.75) is 17.7 Å². The normalized spacial score (nSPS) is 17.9. The van der Waals surface area contributed by atoms with E-state index in [2.05, 4.69) is 40.4 Å². The van der Waals surface area contributed by atoms with E-state index >= 15 is 0 Å². The Balaban J connectivity index is 1.66. The molecule has 0 spiro atoms. The smallest absolute Gasteiger partial charge is 0.0228 e. The molecule has 0 aliphatic carbocycles. The molecule has 1 saturated heterocycles. The Morgan fingerprint density at radius 2 is 1.93 bits per heavy atom. The molecular formula is C12H18N2S. The largest absolute Gasteiger partial charge is 0.317 e. The number of piperidine rings is 1. The van der Waals surface area contributed by atoms with Gasteiger partial charge in [-0.25, -0.2) is 0 Å². The van der Waals surface area contributed by atoms with Crippen molar-refractivity contribution in [2.75, 3.05) is 19.6 Å². The molecule has 3 heteroatoms. The van der Waals surface area contributed by atoms with Crippen LogP contribution >= 0.6 is 11.9 Å². The van der Waals surface area contributed by atoms with E-state index in [1.54, 1.807) is 11.9 Å². The third-order valence-electron chi connectivity index (χ3n) is 2.76. The zero-order chi connectivity index (χ0) is 10.3. The molecule has 0 aromatic heterocycles. The lowest BCUT2D eigenvalue weighted by Gasteiger charge is -2.22. The second kappa shape index (κ2) is 6.16. The third kappa shape index (κ3) is 3.86. The van der Waals surface area contributed by atoms with Gasteiger partial charge in [-0.3, -0.25) is 4.72 Å². The van der Waals surface area contributed by atoms with Crippen LogP contribution in [0.5, 0.6) is 0 Å². The lowest BCUT2D eigenvalue weighted by Crippen LogP contribution is -2.31. The third-order valence-corrected chi connectivity index (χ3v) is 3.58. The van der Waals surface area contributed by atoms with Crippen molar-refractivity contribution in [2.24, 2.45) is 5.92 Å². The fourth-order valence-corrected chi connectivity index (χ4v) is 2.60. The van der Waals surface area contributed by atoms with Crippen molar-refractivity contribution < 1.29 is 0 Å². The van der Waals surface area contributed by atoms with E-state index in [-0.39, 0.29) is 0 Å². The lowest BCUT2D eigenvalue weighted by atomic mass is 9.99. The summed E-state index contributed by atoms with van der Waals surface area (Å²) in [7, 11) is 0. The van der Waals surface area contributed by atoms with Crippen LogP contribution in [0.25, 0.3) is 0 Å². The average molecular weight is 222 g/mol. The highest BCUT2D eigenvalue weighted by Crippen LogP contribution is 2.16. The van der Waals surface area contributed by atoms with Gasteiger partial charge in [-0.15, -0.1) is 0 Å². The minimum Gasteiger partial charge on any atom is -0.317 e. The van der Waals surface area contributed by atoms with Gasteiger partial charge < -0.3 is 5.32 Å². The lowest BCUT2D eigenvalue weighted by molar-refractivity contribution is 0.376. The molecule has 1 aliphatic rings. The quantitative estimate of drug-likeness (QED) is 0.764. The molecule has 1 aromatic rings. The van der Waals surface area contributed by atoms with Crippen molar-refractivity contribution in [3.05, 3.63) is 30.3 Å². The van der Waals surface area contributed by atoms with Gasteiger partial charge in [0, 0.05) is 11.4 Å². The molecule has 1 heterocycles. The van der Waals surface area contributed by atoms with Crippen LogP contribution in [0.1, 0.15) is 12.8 Å². The number of benzene rings is 1. The predicted molar refractivity (Wildman–Crippen MR) is 65.9 cm³/mol.